The summed E-state index contributed by atoms with van der Waals surface area (Å²) in [6.45, 7) is 2.85. The van der Waals surface area contributed by atoms with Crippen molar-refractivity contribution in [2.75, 3.05) is 31.6 Å². The van der Waals surface area contributed by atoms with Crippen molar-refractivity contribution >= 4 is 22.8 Å². The largest absolute Gasteiger partial charge is 0.480 e. The number of ether oxygens (including phenoxy) is 2. The van der Waals surface area contributed by atoms with Crippen molar-refractivity contribution in [3.05, 3.63) is 59.5 Å². The Kier molecular flexibility index (Phi) is 6.48. The molecule has 3 aromatic rings. The molecule has 1 fully saturated rings. The van der Waals surface area contributed by atoms with Gasteiger partial charge in [-0.2, -0.15) is 0 Å². The second-order valence-corrected chi connectivity index (χ2v) is 7.69. The number of halogens is 1. The molecule has 9 heteroatoms. The number of rotatable bonds is 8. The number of aliphatic hydroxyl groups excluding tert-OH is 1. The van der Waals surface area contributed by atoms with Gasteiger partial charge in [0.2, 0.25) is 5.88 Å². The number of amides is 1. The van der Waals surface area contributed by atoms with Crippen LogP contribution in [0, 0.1) is 12.7 Å². The average Bonchev–Trinajstić information content (AvgIpc) is 3.17. The summed E-state index contributed by atoms with van der Waals surface area (Å²) >= 11 is 0. The van der Waals surface area contributed by atoms with Gasteiger partial charge in [0, 0.05) is 12.1 Å². The smallest absolute Gasteiger partial charge is 0.414 e. The summed E-state index contributed by atoms with van der Waals surface area (Å²) in [5.74, 6) is 0.0244. The third-order valence-corrected chi connectivity index (χ3v) is 5.47. The zero-order valence-electron chi connectivity index (χ0n) is 17.9. The first kappa shape index (κ1) is 21.9. The van der Waals surface area contributed by atoms with Crippen LogP contribution >= 0.6 is 0 Å². The van der Waals surface area contributed by atoms with Crippen LogP contribution in [0.1, 0.15) is 23.7 Å². The number of hydrogen-bond donors (Lipinski definition) is 2. The summed E-state index contributed by atoms with van der Waals surface area (Å²) < 4.78 is 24.4. The van der Waals surface area contributed by atoms with Gasteiger partial charge in [-0.3, -0.25) is 4.90 Å². The highest BCUT2D eigenvalue weighted by Gasteiger charge is 2.32. The zero-order chi connectivity index (χ0) is 22.7. The van der Waals surface area contributed by atoms with Gasteiger partial charge >= 0.3 is 6.09 Å². The Labute approximate surface area is 185 Å². The number of fused-ring (bicyclic) bond motifs is 1. The normalized spacial score (nSPS) is 16.9. The van der Waals surface area contributed by atoms with E-state index in [0.717, 1.165) is 0 Å². The number of hydrogen-bond acceptors (Lipinski definition) is 7. The van der Waals surface area contributed by atoms with E-state index in [4.69, 9.17) is 9.47 Å². The number of aryl methyl sites for hydroxylation is 1. The first-order valence-electron chi connectivity index (χ1n) is 10.4. The topological polar surface area (TPSA) is 96.8 Å². The van der Waals surface area contributed by atoms with Crippen molar-refractivity contribution in [1.29, 1.82) is 0 Å². The molecule has 2 N–H and O–H groups in total. The predicted octanol–water partition coefficient (Wildman–Crippen LogP) is 3.12. The Bertz CT molecular complexity index is 1130. The van der Waals surface area contributed by atoms with Crippen LogP contribution in [0.2, 0.25) is 0 Å². The van der Waals surface area contributed by atoms with Gasteiger partial charge in [-0.05, 0) is 43.7 Å². The van der Waals surface area contributed by atoms with Gasteiger partial charge < -0.3 is 19.9 Å². The highest BCUT2D eigenvalue weighted by atomic mass is 19.1. The van der Waals surface area contributed by atoms with E-state index < -0.39 is 12.2 Å². The van der Waals surface area contributed by atoms with Crippen LogP contribution in [-0.2, 0) is 4.74 Å². The van der Waals surface area contributed by atoms with Gasteiger partial charge in [-0.1, -0.05) is 18.2 Å². The lowest BCUT2D eigenvalue weighted by Crippen LogP contribution is -2.28. The molecule has 1 saturated heterocycles. The molecular weight excluding hydrogens is 415 g/mol. The Morgan fingerprint density at radius 1 is 1.38 bits per heavy atom. The van der Waals surface area contributed by atoms with Crippen molar-refractivity contribution < 1.29 is 23.8 Å². The van der Waals surface area contributed by atoms with Crippen LogP contribution in [0.4, 0.5) is 14.9 Å². The Morgan fingerprint density at radius 2 is 2.22 bits per heavy atom. The first-order chi connectivity index (χ1) is 15.5. The Morgan fingerprint density at radius 3 is 3.00 bits per heavy atom. The number of nitrogens with zero attached hydrogens (tertiary/aromatic N) is 3. The van der Waals surface area contributed by atoms with Crippen LogP contribution in [0.5, 0.6) is 5.88 Å². The molecule has 0 radical (unpaired) electrons. The van der Waals surface area contributed by atoms with Crippen molar-refractivity contribution in [3.8, 4) is 5.88 Å². The second kappa shape index (κ2) is 9.46. The molecule has 168 valence electrons. The molecule has 8 nitrogen and oxygen atoms in total. The lowest BCUT2D eigenvalue weighted by Gasteiger charge is -2.15. The summed E-state index contributed by atoms with van der Waals surface area (Å²) in [7, 11) is 1.52. The van der Waals surface area contributed by atoms with Gasteiger partial charge in [0.25, 0.3) is 0 Å². The van der Waals surface area contributed by atoms with Gasteiger partial charge in [-0.15, -0.1) is 0 Å². The highest BCUT2D eigenvalue weighted by molar-refractivity contribution is 5.89. The lowest BCUT2D eigenvalue weighted by atomic mass is 10.1. The summed E-state index contributed by atoms with van der Waals surface area (Å²) in [4.78, 5) is 22.3. The summed E-state index contributed by atoms with van der Waals surface area (Å²) in [5, 5.41) is 13.8. The van der Waals surface area contributed by atoms with Gasteiger partial charge in [0.05, 0.1) is 42.7 Å². The van der Waals surface area contributed by atoms with E-state index >= 15 is 0 Å². The number of cyclic esters (lactones) is 1. The van der Waals surface area contributed by atoms with Crippen LogP contribution in [0.25, 0.3) is 11.0 Å². The van der Waals surface area contributed by atoms with Crippen LogP contribution < -0.4 is 15.0 Å². The highest BCUT2D eigenvalue weighted by Crippen LogP contribution is 2.25. The number of benzene rings is 2. The fraction of sp³-hybridized carbons (Fsp3) is 0.348. The molecule has 2 heterocycles. The number of aromatic nitrogens is 2. The number of carbonyl (C=O) groups excluding carboxylic acids is 1. The molecule has 0 aliphatic carbocycles. The van der Waals surface area contributed by atoms with E-state index in [2.05, 4.69) is 15.3 Å². The molecule has 2 atom stereocenters. The van der Waals surface area contributed by atoms with E-state index in [-0.39, 0.29) is 11.9 Å². The van der Waals surface area contributed by atoms with Gasteiger partial charge in [0.1, 0.15) is 11.9 Å². The summed E-state index contributed by atoms with van der Waals surface area (Å²) in [6.07, 6.45) is 0.504. The molecule has 4 rings (SSSR count). The molecule has 0 saturated carbocycles. The van der Waals surface area contributed by atoms with E-state index in [9.17, 15) is 14.3 Å². The minimum Gasteiger partial charge on any atom is -0.480 e. The van der Waals surface area contributed by atoms with Crippen LogP contribution in [0.15, 0.2) is 42.6 Å². The number of carbonyl (C=O) groups is 1. The van der Waals surface area contributed by atoms with Crippen molar-refractivity contribution in [3.63, 3.8) is 0 Å². The SMILES string of the molecule is COc1cnc2cccc(C(O)CNCCC3CN(c4ccc(C)c(F)c4)C(=O)O3)c2n1. The van der Waals surface area contributed by atoms with E-state index in [0.29, 0.717) is 59.8 Å². The molecule has 1 aliphatic heterocycles. The molecule has 32 heavy (non-hydrogen) atoms. The van der Waals surface area contributed by atoms with Gasteiger partial charge in [-0.25, -0.2) is 19.2 Å². The zero-order valence-corrected chi connectivity index (χ0v) is 17.9. The summed E-state index contributed by atoms with van der Waals surface area (Å²) in [5.41, 5.74) is 2.92. The van der Waals surface area contributed by atoms with Crippen LogP contribution in [0.3, 0.4) is 0 Å². The fourth-order valence-electron chi connectivity index (χ4n) is 3.65. The minimum atomic E-state index is -0.793. The quantitative estimate of drug-likeness (QED) is 0.520. The van der Waals surface area contributed by atoms with Crippen molar-refractivity contribution in [1.82, 2.24) is 15.3 Å². The third-order valence-electron chi connectivity index (χ3n) is 5.47. The van der Waals surface area contributed by atoms with Gasteiger partial charge in [0.15, 0.2) is 0 Å². The molecular formula is C23H25FN4O4. The molecule has 1 aromatic heterocycles. The number of nitrogens with one attached hydrogen (secondary N) is 1. The molecule has 0 bridgehead atoms. The monoisotopic (exact) mass is 440 g/mol. The number of methoxy groups -OCH3 is 1. The molecule has 2 aromatic carbocycles. The van der Waals surface area contributed by atoms with Crippen molar-refractivity contribution in [2.24, 2.45) is 0 Å². The molecule has 2 unspecified atom stereocenters. The second-order valence-electron chi connectivity index (χ2n) is 7.69. The minimum absolute atomic E-state index is 0.297. The number of aliphatic hydroxyl groups is 1. The predicted molar refractivity (Wildman–Crippen MR) is 117 cm³/mol. The molecule has 0 spiro atoms. The van der Waals surface area contributed by atoms with Crippen molar-refractivity contribution in [2.45, 2.75) is 25.6 Å². The average molecular weight is 440 g/mol. The fourth-order valence-corrected chi connectivity index (χ4v) is 3.65. The number of anilines is 1. The summed E-state index contributed by atoms with van der Waals surface area (Å²) in [6, 6.07) is 10.1. The molecule has 1 aliphatic rings. The maximum atomic E-state index is 13.8. The Hall–Kier alpha value is -3.30. The molecule has 1 amide bonds. The maximum Gasteiger partial charge on any atom is 0.414 e. The standard InChI is InChI=1S/C23H25FN4O4/c1-14-6-7-15(10-18(14)24)28-13-16(32-23(28)30)8-9-25-11-20(29)17-4-3-5-19-22(17)27-21(31-2)12-26-19/h3-7,10,12,16,20,25,29H,8-9,11,13H2,1-2H3. The van der Waals surface area contributed by atoms with E-state index in [1.165, 1.54) is 24.3 Å². The lowest BCUT2D eigenvalue weighted by molar-refractivity contribution is 0.134. The van der Waals surface area contributed by atoms with Crippen LogP contribution in [-0.4, -0.2) is 54.0 Å². The number of para-hydroxylation sites is 1. The van der Waals surface area contributed by atoms with E-state index in [1.54, 1.807) is 25.1 Å². The maximum absolute atomic E-state index is 13.8. The first-order valence-corrected chi connectivity index (χ1v) is 10.4. The Balaban J connectivity index is 1.30. The van der Waals surface area contributed by atoms with E-state index in [1.807, 2.05) is 12.1 Å². The third kappa shape index (κ3) is 4.63.